The Morgan fingerprint density at radius 1 is 1.00 bits per heavy atom. The van der Waals surface area contributed by atoms with Crippen LogP contribution in [-0.4, -0.2) is 11.4 Å². The summed E-state index contributed by atoms with van der Waals surface area (Å²) in [4.78, 5) is 10.6. The Balaban J connectivity index is 2.71. The van der Waals surface area contributed by atoms with Crippen molar-refractivity contribution in [1.29, 1.82) is 0 Å². The van der Waals surface area contributed by atoms with Gasteiger partial charge in [0.15, 0.2) is 6.29 Å². The largest absolute Gasteiger partial charge is 0.508 e. The number of aromatic hydroxyl groups is 1. The normalized spacial score (nSPS) is 10.2. The van der Waals surface area contributed by atoms with E-state index in [9.17, 15) is 9.90 Å². The Hall–Kier alpha value is -1.83. The molecule has 0 heterocycles. The van der Waals surface area contributed by atoms with Crippen LogP contribution in [0, 0.1) is 0 Å². The van der Waals surface area contributed by atoms with Crippen molar-refractivity contribution in [2.75, 3.05) is 0 Å². The average molecular weight is 172 g/mol. The molecule has 0 aromatic rings. The van der Waals surface area contributed by atoms with Gasteiger partial charge in [0.1, 0.15) is 5.75 Å². The number of hydrogen-bond donors (Lipinski definition) is 1. The van der Waals surface area contributed by atoms with E-state index in [1.807, 2.05) is 6.07 Å². The highest BCUT2D eigenvalue weighted by molar-refractivity contribution is 5.89. The van der Waals surface area contributed by atoms with Gasteiger partial charge >= 0.3 is 0 Å². The Morgan fingerprint density at radius 2 is 1.69 bits per heavy atom. The van der Waals surface area contributed by atoms with Crippen molar-refractivity contribution >= 4 is 6.29 Å². The van der Waals surface area contributed by atoms with Crippen molar-refractivity contribution in [3.05, 3.63) is 42.0 Å². The predicted molar refractivity (Wildman–Crippen MR) is 50.1 cm³/mol. The molecule has 0 aliphatic heterocycles. The first-order chi connectivity index (χ1) is 6.31. The molecule has 2 heteroatoms. The molecule has 0 unspecified atom stereocenters. The summed E-state index contributed by atoms with van der Waals surface area (Å²) in [6.07, 6.45) is 0.819. The van der Waals surface area contributed by atoms with Crippen molar-refractivity contribution in [2.24, 2.45) is 0 Å². The number of rotatable bonds is 1. The second kappa shape index (κ2) is 2.90. The Morgan fingerprint density at radius 3 is 2.46 bits per heavy atom. The molecule has 2 aliphatic rings. The second-order valence-electron chi connectivity index (χ2n) is 2.87. The van der Waals surface area contributed by atoms with Gasteiger partial charge in [-0.3, -0.25) is 4.79 Å². The van der Waals surface area contributed by atoms with Gasteiger partial charge in [0.05, 0.1) is 0 Å². The van der Waals surface area contributed by atoms with E-state index in [2.05, 4.69) is 0 Å². The first-order valence-corrected chi connectivity index (χ1v) is 3.98. The fourth-order valence-corrected chi connectivity index (χ4v) is 1.37. The molecule has 64 valence electrons. The van der Waals surface area contributed by atoms with Gasteiger partial charge in [-0.05, 0) is 29.3 Å². The van der Waals surface area contributed by atoms with Gasteiger partial charge in [-0.2, -0.15) is 0 Å². The van der Waals surface area contributed by atoms with Crippen LogP contribution in [0.3, 0.4) is 0 Å². The lowest BCUT2D eigenvalue weighted by Gasteiger charge is -1.90. The number of fused-ring (bicyclic) bond motifs is 1. The molecule has 0 atom stereocenters. The van der Waals surface area contributed by atoms with E-state index in [0.29, 0.717) is 5.56 Å². The smallest absolute Gasteiger partial charge is 0.150 e. The number of hydrogen-bond acceptors (Lipinski definition) is 2. The third kappa shape index (κ3) is 1.26. The molecule has 0 aromatic carbocycles. The van der Waals surface area contributed by atoms with Gasteiger partial charge in [0.2, 0.25) is 0 Å². The molecular weight excluding hydrogens is 164 g/mol. The van der Waals surface area contributed by atoms with Crippen LogP contribution in [0.5, 0.6) is 5.75 Å². The first-order valence-electron chi connectivity index (χ1n) is 3.98. The predicted octanol–water partition coefficient (Wildman–Crippen LogP) is 2.31. The zero-order valence-electron chi connectivity index (χ0n) is 6.90. The van der Waals surface area contributed by atoms with E-state index in [1.165, 1.54) is 0 Å². The SMILES string of the molecule is O=Cc1ccc2ccc(O)ccc1-2. The molecule has 0 amide bonds. The molecular formula is C11H8O2. The van der Waals surface area contributed by atoms with E-state index in [-0.39, 0.29) is 5.75 Å². The maximum absolute atomic E-state index is 10.6. The van der Waals surface area contributed by atoms with Gasteiger partial charge in [-0.1, -0.05) is 18.2 Å². The van der Waals surface area contributed by atoms with Crippen molar-refractivity contribution in [3.63, 3.8) is 0 Å². The highest BCUT2D eigenvalue weighted by atomic mass is 16.3. The minimum absolute atomic E-state index is 0.202. The number of carbonyl (C=O) groups excluding carboxylic acids is 1. The Kier molecular flexibility index (Phi) is 1.74. The topological polar surface area (TPSA) is 37.3 Å². The summed E-state index contributed by atoms with van der Waals surface area (Å²) in [6.45, 7) is 0. The number of aldehydes is 1. The van der Waals surface area contributed by atoms with E-state index < -0.39 is 0 Å². The lowest BCUT2D eigenvalue weighted by atomic mass is 10.1. The van der Waals surface area contributed by atoms with Crippen LogP contribution >= 0.6 is 0 Å². The summed E-state index contributed by atoms with van der Waals surface area (Å²) in [5, 5.41) is 9.20. The highest BCUT2D eigenvalue weighted by Crippen LogP contribution is 2.27. The minimum atomic E-state index is 0.202. The van der Waals surface area contributed by atoms with E-state index >= 15 is 0 Å². The maximum Gasteiger partial charge on any atom is 0.150 e. The third-order valence-electron chi connectivity index (χ3n) is 2.05. The van der Waals surface area contributed by atoms with Gasteiger partial charge in [-0.25, -0.2) is 0 Å². The summed E-state index contributed by atoms with van der Waals surface area (Å²) in [7, 11) is 0. The van der Waals surface area contributed by atoms with Crippen molar-refractivity contribution in [1.82, 2.24) is 0 Å². The van der Waals surface area contributed by atoms with Gasteiger partial charge in [0, 0.05) is 5.56 Å². The van der Waals surface area contributed by atoms with Crippen LogP contribution < -0.4 is 0 Å². The fraction of sp³-hybridized carbons (Fsp3) is 0. The van der Waals surface area contributed by atoms with Crippen molar-refractivity contribution < 1.29 is 9.90 Å². The lowest BCUT2D eigenvalue weighted by Crippen LogP contribution is -1.75. The van der Waals surface area contributed by atoms with Crippen LogP contribution in [0.4, 0.5) is 0 Å². The second-order valence-corrected chi connectivity index (χ2v) is 2.87. The number of carbonyl (C=O) groups is 1. The van der Waals surface area contributed by atoms with Crippen molar-refractivity contribution in [3.8, 4) is 16.9 Å². The van der Waals surface area contributed by atoms with Crippen LogP contribution in [-0.2, 0) is 0 Å². The molecule has 0 spiro atoms. The zero-order valence-corrected chi connectivity index (χ0v) is 6.90. The summed E-state index contributed by atoms with van der Waals surface area (Å²) in [6, 6.07) is 10.4. The molecule has 0 bridgehead atoms. The molecule has 0 saturated heterocycles. The summed E-state index contributed by atoms with van der Waals surface area (Å²) < 4.78 is 0. The molecule has 13 heavy (non-hydrogen) atoms. The molecule has 0 radical (unpaired) electrons. The fourth-order valence-electron chi connectivity index (χ4n) is 1.37. The summed E-state index contributed by atoms with van der Waals surface area (Å²) in [5.41, 5.74) is 2.49. The van der Waals surface area contributed by atoms with Gasteiger partial charge in [0.25, 0.3) is 0 Å². The van der Waals surface area contributed by atoms with E-state index in [4.69, 9.17) is 0 Å². The third-order valence-corrected chi connectivity index (χ3v) is 2.05. The van der Waals surface area contributed by atoms with Crippen molar-refractivity contribution in [2.45, 2.75) is 0 Å². The quantitative estimate of drug-likeness (QED) is 0.670. The first kappa shape index (κ1) is 7.80. The van der Waals surface area contributed by atoms with E-state index in [1.54, 1.807) is 30.3 Å². The van der Waals surface area contributed by atoms with Crippen LogP contribution in [0.1, 0.15) is 10.4 Å². The average Bonchev–Trinajstić information content (AvgIpc) is 2.45. The zero-order chi connectivity index (χ0) is 9.26. The summed E-state index contributed by atoms with van der Waals surface area (Å²) >= 11 is 0. The standard InChI is InChI=1S/C11H8O2/c12-7-9-2-1-8-3-4-10(13)5-6-11(8)9/h1-7,13H. The highest BCUT2D eigenvalue weighted by Gasteiger charge is 2.06. The minimum Gasteiger partial charge on any atom is -0.508 e. The maximum atomic E-state index is 10.6. The molecule has 0 saturated carbocycles. The van der Waals surface area contributed by atoms with Gasteiger partial charge < -0.3 is 5.11 Å². The molecule has 1 N–H and O–H groups in total. The van der Waals surface area contributed by atoms with Crippen LogP contribution in [0.25, 0.3) is 11.1 Å². The summed E-state index contributed by atoms with van der Waals surface area (Å²) in [5.74, 6) is 0.202. The molecule has 0 aromatic heterocycles. The molecule has 0 fully saturated rings. The lowest BCUT2D eigenvalue weighted by molar-refractivity contribution is 0.112. The van der Waals surface area contributed by atoms with E-state index in [0.717, 1.165) is 17.4 Å². The molecule has 2 rings (SSSR count). The van der Waals surface area contributed by atoms with Crippen LogP contribution in [0.2, 0.25) is 0 Å². The Labute approximate surface area is 75.8 Å². The molecule has 2 aliphatic carbocycles. The monoisotopic (exact) mass is 172 g/mol. The molecule has 2 nitrogen and oxygen atoms in total. The van der Waals surface area contributed by atoms with Crippen LogP contribution in [0.15, 0.2) is 36.4 Å². The van der Waals surface area contributed by atoms with Gasteiger partial charge in [-0.15, -0.1) is 0 Å². The Bertz CT molecular complexity index is 421.